The molecule has 36 heavy (non-hydrogen) atoms. The van der Waals surface area contributed by atoms with Gasteiger partial charge in [0.15, 0.2) is 17.2 Å². The number of piperidine rings is 1. The number of rotatable bonds is 5. The molecule has 11 nitrogen and oxygen atoms in total. The molecule has 0 spiro atoms. The summed E-state index contributed by atoms with van der Waals surface area (Å²) in [4.78, 5) is 22.4. The summed E-state index contributed by atoms with van der Waals surface area (Å²) >= 11 is 0. The second-order valence-corrected chi connectivity index (χ2v) is 9.34. The highest BCUT2D eigenvalue weighted by atomic mass is 19.1. The van der Waals surface area contributed by atoms with Gasteiger partial charge in [0, 0.05) is 48.6 Å². The SMILES string of the molecule is CC1(C)CN(c2ccc(C#N)nn2)CC[C@H]1Nc1c(C(N)=O)cnc2cc(-c3ccc(F)nc3)nn12. The zero-order valence-electron chi connectivity index (χ0n) is 19.7. The third-order valence-electron chi connectivity index (χ3n) is 6.40. The van der Waals surface area contributed by atoms with Gasteiger partial charge in [-0.25, -0.2) is 9.97 Å². The third-order valence-corrected chi connectivity index (χ3v) is 6.40. The van der Waals surface area contributed by atoms with E-state index < -0.39 is 11.9 Å². The number of anilines is 2. The smallest absolute Gasteiger partial charge is 0.254 e. The fraction of sp³-hybridized carbons (Fsp3) is 0.292. The molecule has 1 saturated heterocycles. The van der Waals surface area contributed by atoms with Crippen molar-refractivity contribution < 1.29 is 9.18 Å². The largest absolute Gasteiger partial charge is 0.366 e. The number of nitrogens with zero attached hydrogens (tertiary/aromatic N) is 8. The monoisotopic (exact) mass is 486 g/mol. The Hall–Kier alpha value is -4.66. The zero-order chi connectivity index (χ0) is 25.4. The van der Waals surface area contributed by atoms with Gasteiger partial charge in [-0.2, -0.15) is 19.3 Å². The van der Waals surface area contributed by atoms with Gasteiger partial charge in [-0.3, -0.25) is 4.79 Å². The molecule has 12 heteroatoms. The molecule has 0 unspecified atom stereocenters. The van der Waals surface area contributed by atoms with E-state index in [9.17, 15) is 9.18 Å². The van der Waals surface area contributed by atoms with Crippen LogP contribution in [-0.2, 0) is 0 Å². The number of primary amides is 1. The Morgan fingerprint density at radius 3 is 2.69 bits per heavy atom. The van der Waals surface area contributed by atoms with Gasteiger partial charge in [-0.05, 0) is 30.7 Å². The van der Waals surface area contributed by atoms with E-state index >= 15 is 0 Å². The predicted octanol–water partition coefficient (Wildman–Crippen LogP) is 2.41. The van der Waals surface area contributed by atoms with E-state index in [2.05, 4.69) is 49.3 Å². The van der Waals surface area contributed by atoms with Crippen LogP contribution in [0.3, 0.4) is 0 Å². The molecule has 4 aromatic heterocycles. The Morgan fingerprint density at radius 1 is 1.22 bits per heavy atom. The third kappa shape index (κ3) is 4.26. The van der Waals surface area contributed by atoms with E-state index in [0.29, 0.717) is 41.6 Å². The molecule has 0 saturated carbocycles. The maximum absolute atomic E-state index is 13.3. The van der Waals surface area contributed by atoms with Crippen molar-refractivity contribution in [3.05, 3.63) is 59.9 Å². The molecule has 5 heterocycles. The summed E-state index contributed by atoms with van der Waals surface area (Å²) in [7, 11) is 0. The van der Waals surface area contributed by atoms with Crippen LogP contribution in [-0.4, -0.2) is 54.8 Å². The van der Waals surface area contributed by atoms with Crippen LogP contribution in [0.2, 0.25) is 0 Å². The van der Waals surface area contributed by atoms with Gasteiger partial charge in [0.25, 0.3) is 5.91 Å². The first kappa shape index (κ1) is 23.1. The average molecular weight is 487 g/mol. The molecule has 4 aromatic rings. The summed E-state index contributed by atoms with van der Waals surface area (Å²) in [5.74, 6) is -0.0668. The number of hydrogen-bond acceptors (Lipinski definition) is 9. The predicted molar refractivity (Wildman–Crippen MR) is 129 cm³/mol. The molecule has 0 aliphatic carbocycles. The number of amides is 1. The van der Waals surface area contributed by atoms with Crippen LogP contribution in [0.25, 0.3) is 16.9 Å². The average Bonchev–Trinajstić information content (AvgIpc) is 3.30. The number of nitrogens with one attached hydrogen (secondary N) is 1. The van der Waals surface area contributed by atoms with Gasteiger partial charge < -0.3 is 16.0 Å². The van der Waals surface area contributed by atoms with E-state index in [0.717, 1.165) is 6.42 Å². The number of fused-ring (bicyclic) bond motifs is 1. The van der Waals surface area contributed by atoms with E-state index in [-0.39, 0.29) is 22.7 Å². The molecular weight excluding hydrogens is 463 g/mol. The molecule has 0 radical (unpaired) electrons. The molecular formula is C24H23FN10O. The van der Waals surface area contributed by atoms with E-state index in [4.69, 9.17) is 11.0 Å². The molecule has 1 aliphatic rings. The molecule has 0 bridgehead atoms. The Balaban J connectivity index is 1.46. The molecule has 0 aromatic carbocycles. The van der Waals surface area contributed by atoms with Crippen LogP contribution in [0, 0.1) is 22.7 Å². The fourth-order valence-electron chi connectivity index (χ4n) is 4.46. The van der Waals surface area contributed by atoms with E-state index in [1.165, 1.54) is 18.5 Å². The highest BCUT2D eigenvalue weighted by Crippen LogP contribution is 2.34. The molecule has 1 aliphatic heterocycles. The van der Waals surface area contributed by atoms with Gasteiger partial charge >= 0.3 is 0 Å². The number of carbonyl (C=O) groups is 1. The number of hydrogen-bond donors (Lipinski definition) is 2. The number of carbonyl (C=O) groups excluding carboxylic acids is 1. The van der Waals surface area contributed by atoms with E-state index in [1.54, 1.807) is 28.8 Å². The summed E-state index contributed by atoms with van der Waals surface area (Å²) in [5.41, 5.74) is 7.56. The van der Waals surface area contributed by atoms with Crippen LogP contribution in [0.1, 0.15) is 36.3 Å². The molecule has 5 rings (SSSR count). The van der Waals surface area contributed by atoms with Crippen LogP contribution >= 0.6 is 0 Å². The molecule has 1 atom stereocenters. The second kappa shape index (κ2) is 8.84. The van der Waals surface area contributed by atoms with E-state index in [1.807, 2.05) is 6.07 Å². The Bertz CT molecular complexity index is 1470. The number of halogens is 1. The van der Waals surface area contributed by atoms with Gasteiger partial charge in [0.05, 0.1) is 11.3 Å². The van der Waals surface area contributed by atoms with Gasteiger partial charge in [0.2, 0.25) is 5.95 Å². The maximum Gasteiger partial charge on any atom is 0.254 e. The van der Waals surface area contributed by atoms with Crippen molar-refractivity contribution in [3.8, 4) is 17.3 Å². The van der Waals surface area contributed by atoms with Crippen molar-refractivity contribution in [2.75, 3.05) is 23.3 Å². The van der Waals surface area contributed by atoms with Crippen molar-refractivity contribution in [3.63, 3.8) is 0 Å². The van der Waals surface area contributed by atoms with Crippen LogP contribution < -0.4 is 16.0 Å². The van der Waals surface area contributed by atoms with Crippen molar-refractivity contribution >= 4 is 23.2 Å². The number of pyridine rings is 1. The minimum absolute atomic E-state index is 0.0380. The lowest BCUT2D eigenvalue weighted by molar-refractivity contribution is 0.1000. The Labute approximate surface area is 205 Å². The standard InChI is InChI=1S/C24H23FN10O/c1-24(2)13-34(20-6-4-15(10-26)31-32-20)8-7-18(24)30-23-16(22(27)36)12-29-21-9-17(33-35(21)23)14-3-5-19(25)28-11-14/h3-6,9,11-12,18,30H,7-8,13H2,1-2H3,(H2,27,36)/t18-/m1/s1. The Kier molecular flexibility index (Phi) is 5.68. The fourth-order valence-corrected chi connectivity index (χ4v) is 4.46. The first-order valence-electron chi connectivity index (χ1n) is 11.3. The van der Waals surface area contributed by atoms with Crippen molar-refractivity contribution in [2.24, 2.45) is 11.1 Å². The minimum Gasteiger partial charge on any atom is -0.366 e. The maximum atomic E-state index is 13.3. The van der Waals surface area contributed by atoms with Gasteiger partial charge in [0.1, 0.15) is 11.9 Å². The van der Waals surface area contributed by atoms with Crippen molar-refractivity contribution in [2.45, 2.75) is 26.3 Å². The van der Waals surface area contributed by atoms with Crippen molar-refractivity contribution in [1.82, 2.24) is 29.8 Å². The minimum atomic E-state index is -0.629. The number of nitrogens with two attached hydrogens (primary N) is 1. The lowest BCUT2D eigenvalue weighted by Gasteiger charge is -2.45. The van der Waals surface area contributed by atoms with Gasteiger partial charge in [-0.15, -0.1) is 10.2 Å². The van der Waals surface area contributed by atoms with Crippen LogP contribution in [0.5, 0.6) is 0 Å². The summed E-state index contributed by atoms with van der Waals surface area (Å²) in [6.45, 7) is 5.59. The van der Waals surface area contributed by atoms with Crippen molar-refractivity contribution in [1.29, 1.82) is 5.26 Å². The van der Waals surface area contributed by atoms with Crippen LogP contribution in [0.4, 0.5) is 16.0 Å². The Morgan fingerprint density at radius 2 is 2.06 bits per heavy atom. The quantitative estimate of drug-likeness (QED) is 0.405. The molecule has 1 fully saturated rings. The number of nitriles is 1. The summed E-state index contributed by atoms with van der Waals surface area (Å²) in [6, 6.07) is 9.96. The first-order valence-corrected chi connectivity index (χ1v) is 11.3. The molecule has 1 amide bonds. The number of aromatic nitrogens is 6. The summed E-state index contributed by atoms with van der Waals surface area (Å²) in [6.07, 6.45) is 3.56. The molecule has 182 valence electrons. The topological polar surface area (TPSA) is 151 Å². The lowest BCUT2D eigenvalue weighted by atomic mass is 9.79. The highest BCUT2D eigenvalue weighted by Gasteiger charge is 2.37. The highest BCUT2D eigenvalue weighted by molar-refractivity contribution is 5.97. The summed E-state index contributed by atoms with van der Waals surface area (Å²) < 4.78 is 14.8. The second-order valence-electron chi connectivity index (χ2n) is 9.34. The van der Waals surface area contributed by atoms with Gasteiger partial charge in [-0.1, -0.05) is 13.8 Å². The normalized spacial score (nSPS) is 17.1. The molecule has 3 N–H and O–H groups in total. The zero-order valence-corrected chi connectivity index (χ0v) is 19.7. The van der Waals surface area contributed by atoms with Crippen LogP contribution in [0.15, 0.2) is 42.7 Å². The first-order chi connectivity index (χ1) is 17.2. The summed E-state index contributed by atoms with van der Waals surface area (Å²) in [5, 5.41) is 25.2. The lowest BCUT2D eigenvalue weighted by Crippen LogP contribution is -2.52.